The molecule has 7 nitrogen and oxygen atoms in total. The minimum Gasteiger partial charge on any atom is -0.368 e. The summed E-state index contributed by atoms with van der Waals surface area (Å²) in [7, 11) is 0. The summed E-state index contributed by atoms with van der Waals surface area (Å²) in [5.41, 5.74) is 4.09. The van der Waals surface area contributed by atoms with Gasteiger partial charge in [-0.05, 0) is 39.0 Å². The molecular formula is C23H26Cl2N6O. The molecule has 2 aromatic heterocycles. The summed E-state index contributed by atoms with van der Waals surface area (Å²) in [4.78, 5) is 26.3. The summed E-state index contributed by atoms with van der Waals surface area (Å²) in [6, 6.07) is 7.62. The number of piperazine rings is 1. The van der Waals surface area contributed by atoms with Crippen LogP contribution in [0.25, 0.3) is 5.95 Å². The third-order valence-corrected chi connectivity index (χ3v) is 6.58. The number of hydrogen-bond acceptors (Lipinski definition) is 6. The Kier molecular flexibility index (Phi) is 6.79. The molecule has 0 unspecified atom stereocenters. The molecule has 4 rings (SSSR count). The largest absolute Gasteiger partial charge is 0.368 e. The summed E-state index contributed by atoms with van der Waals surface area (Å²) in [6.07, 6.45) is 2.07. The molecule has 32 heavy (non-hydrogen) atoms. The molecule has 0 bridgehead atoms. The van der Waals surface area contributed by atoms with Crippen LogP contribution in [0.5, 0.6) is 0 Å². The van der Waals surface area contributed by atoms with Crippen molar-refractivity contribution in [3.8, 4) is 5.95 Å². The third kappa shape index (κ3) is 4.80. The average molecular weight is 473 g/mol. The first kappa shape index (κ1) is 22.7. The molecule has 3 aromatic rings. The van der Waals surface area contributed by atoms with Crippen molar-refractivity contribution < 1.29 is 4.79 Å². The van der Waals surface area contributed by atoms with E-state index < -0.39 is 0 Å². The summed E-state index contributed by atoms with van der Waals surface area (Å²) < 4.78 is 1.64. The third-order valence-electron chi connectivity index (χ3n) is 5.77. The van der Waals surface area contributed by atoms with E-state index in [0.29, 0.717) is 34.5 Å². The Bertz CT molecular complexity index is 1120. The van der Waals surface area contributed by atoms with Gasteiger partial charge >= 0.3 is 0 Å². The maximum Gasteiger partial charge on any atom is 0.251 e. The second kappa shape index (κ2) is 9.57. The number of aromatic nitrogens is 4. The van der Waals surface area contributed by atoms with Crippen molar-refractivity contribution >= 4 is 34.7 Å². The van der Waals surface area contributed by atoms with Gasteiger partial charge in [0, 0.05) is 50.5 Å². The highest BCUT2D eigenvalue weighted by atomic mass is 35.5. The van der Waals surface area contributed by atoms with E-state index in [1.54, 1.807) is 16.9 Å². The zero-order valence-electron chi connectivity index (χ0n) is 18.5. The Hall–Kier alpha value is -2.48. The van der Waals surface area contributed by atoms with Crippen molar-refractivity contribution in [3.63, 3.8) is 0 Å². The van der Waals surface area contributed by atoms with Crippen LogP contribution in [0, 0.1) is 20.8 Å². The maximum absolute atomic E-state index is 12.9. The van der Waals surface area contributed by atoms with Gasteiger partial charge in [0.15, 0.2) is 5.78 Å². The van der Waals surface area contributed by atoms with E-state index >= 15 is 0 Å². The fourth-order valence-electron chi connectivity index (χ4n) is 4.03. The van der Waals surface area contributed by atoms with Crippen molar-refractivity contribution in [2.45, 2.75) is 27.2 Å². The maximum atomic E-state index is 12.9. The molecule has 0 atom stereocenters. The fraction of sp³-hybridized carbons (Fsp3) is 0.391. The van der Waals surface area contributed by atoms with Crippen molar-refractivity contribution in [2.75, 3.05) is 37.6 Å². The van der Waals surface area contributed by atoms with Crippen LogP contribution in [0.15, 0.2) is 30.5 Å². The van der Waals surface area contributed by atoms with Gasteiger partial charge in [-0.15, -0.1) is 0 Å². The SMILES string of the molecule is Cc1cc(C)nc(-n2ncc(C(=O)CCN3CCN(c4cccc(Cl)c4Cl)CC3)c2C)n1. The fourth-order valence-corrected chi connectivity index (χ4v) is 4.45. The van der Waals surface area contributed by atoms with Crippen molar-refractivity contribution in [1.29, 1.82) is 0 Å². The Labute approximate surface area is 198 Å². The number of benzene rings is 1. The molecule has 0 saturated carbocycles. The monoisotopic (exact) mass is 472 g/mol. The number of hydrogen-bond donors (Lipinski definition) is 0. The van der Waals surface area contributed by atoms with Gasteiger partial charge in [0.25, 0.3) is 5.95 Å². The Morgan fingerprint density at radius 1 is 1.03 bits per heavy atom. The highest BCUT2D eigenvalue weighted by Crippen LogP contribution is 2.32. The summed E-state index contributed by atoms with van der Waals surface area (Å²) in [5.74, 6) is 0.577. The minimum atomic E-state index is 0.0819. The quantitative estimate of drug-likeness (QED) is 0.498. The van der Waals surface area contributed by atoms with Crippen LogP contribution in [-0.2, 0) is 0 Å². The lowest BCUT2D eigenvalue weighted by Gasteiger charge is -2.36. The number of aryl methyl sites for hydroxylation is 2. The van der Waals surface area contributed by atoms with Gasteiger partial charge in [0.1, 0.15) is 0 Å². The first-order chi connectivity index (χ1) is 15.3. The van der Waals surface area contributed by atoms with E-state index in [1.807, 2.05) is 39.0 Å². The minimum absolute atomic E-state index is 0.0819. The normalized spacial score (nSPS) is 14.7. The van der Waals surface area contributed by atoms with Crippen LogP contribution < -0.4 is 4.90 Å². The number of carbonyl (C=O) groups excluding carboxylic acids is 1. The standard InChI is InChI=1S/C23H26Cl2N6O/c1-15-13-16(2)28-23(27-15)31-17(3)18(14-26-31)21(32)7-8-29-9-11-30(12-10-29)20-6-4-5-19(24)22(20)25/h4-6,13-14H,7-12H2,1-3H3. The molecule has 3 heterocycles. The molecule has 1 aromatic carbocycles. The van der Waals surface area contributed by atoms with Crippen molar-refractivity contribution in [2.24, 2.45) is 0 Å². The predicted molar refractivity (Wildman–Crippen MR) is 127 cm³/mol. The van der Waals surface area contributed by atoms with E-state index in [0.717, 1.165) is 48.9 Å². The number of nitrogens with zero attached hydrogens (tertiary/aromatic N) is 6. The summed E-state index contributed by atoms with van der Waals surface area (Å²) in [5, 5.41) is 5.53. The molecule has 1 fully saturated rings. The van der Waals surface area contributed by atoms with Gasteiger partial charge < -0.3 is 4.90 Å². The van der Waals surface area contributed by atoms with Gasteiger partial charge in [-0.1, -0.05) is 29.3 Å². The second-order valence-corrected chi connectivity index (χ2v) is 8.87. The summed E-state index contributed by atoms with van der Waals surface area (Å²) in [6.45, 7) is 9.85. The number of Topliss-reactive ketones (excluding diaryl/α,β-unsaturated/α-hetero) is 1. The number of carbonyl (C=O) groups is 1. The lowest BCUT2D eigenvalue weighted by atomic mass is 10.1. The van der Waals surface area contributed by atoms with Crippen molar-refractivity contribution in [1.82, 2.24) is 24.6 Å². The van der Waals surface area contributed by atoms with Crippen LogP contribution in [0.2, 0.25) is 10.0 Å². The van der Waals surface area contributed by atoms with E-state index in [1.165, 1.54) is 0 Å². The Balaban J connectivity index is 1.35. The molecule has 168 valence electrons. The second-order valence-electron chi connectivity index (χ2n) is 8.08. The molecule has 1 aliphatic rings. The van der Waals surface area contributed by atoms with E-state index in [4.69, 9.17) is 23.2 Å². The Morgan fingerprint density at radius 2 is 1.72 bits per heavy atom. The van der Waals surface area contributed by atoms with Gasteiger partial charge in [0.05, 0.1) is 33.2 Å². The van der Waals surface area contributed by atoms with Gasteiger partial charge in [0.2, 0.25) is 0 Å². The predicted octanol–water partition coefficient (Wildman–Crippen LogP) is 4.29. The van der Waals surface area contributed by atoms with Crippen LogP contribution in [-0.4, -0.2) is 63.2 Å². The zero-order chi connectivity index (χ0) is 22.8. The van der Waals surface area contributed by atoms with Crippen LogP contribution >= 0.6 is 23.2 Å². The lowest BCUT2D eigenvalue weighted by molar-refractivity contribution is 0.0962. The first-order valence-electron chi connectivity index (χ1n) is 10.7. The number of anilines is 1. The lowest BCUT2D eigenvalue weighted by Crippen LogP contribution is -2.47. The first-order valence-corrected chi connectivity index (χ1v) is 11.4. The molecule has 0 spiro atoms. The number of ketones is 1. The molecule has 0 aliphatic carbocycles. The molecule has 0 N–H and O–H groups in total. The van der Waals surface area contributed by atoms with Crippen LogP contribution in [0.1, 0.15) is 33.9 Å². The van der Waals surface area contributed by atoms with Crippen molar-refractivity contribution in [3.05, 3.63) is 63.2 Å². The number of rotatable bonds is 6. The number of halogens is 2. The molecular weight excluding hydrogens is 447 g/mol. The van der Waals surface area contributed by atoms with E-state index in [-0.39, 0.29) is 5.78 Å². The molecule has 0 radical (unpaired) electrons. The Morgan fingerprint density at radius 3 is 2.41 bits per heavy atom. The topological polar surface area (TPSA) is 67.2 Å². The highest BCUT2D eigenvalue weighted by Gasteiger charge is 2.22. The molecule has 9 heteroatoms. The smallest absolute Gasteiger partial charge is 0.251 e. The van der Waals surface area contributed by atoms with Gasteiger partial charge in [-0.25, -0.2) is 14.6 Å². The average Bonchev–Trinajstić information content (AvgIpc) is 3.15. The molecule has 1 saturated heterocycles. The van der Waals surface area contributed by atoms with E-state index in [2.05, 4.69) is 24.9 Å². The highest BCUT2D eigenvalue weighted by molar-refractivity contribution is 6.43. The molecule has 0 amide bonds. The van der Waals surface area contributed by atoms with Gasteiger partial charge in [-0.2, -0.15) is 5.10 Å². The zero-order valence-corrected chi connectivity index (χ0v) is 20.0. The van der Waals surface area contributed by atoms with Crippen LogP contribution in [0.4, 0.5) is 5.69 Å². The van der Waals surface area contributed by atoms with E-state index in [9.17, 15) is 4.79 Å². The molecule has 1 aliphatic heterocycles. The van der Waals surface area contributed by atoms with Gasteiger partial charge in [-0.3, -0.25) is 9.69 Å². The summed E-state index contributed by atoms with van der Waals surface area (Å²) >= 11 is 12.5. The van der Waals surface area contributed by atoms with Crippen LogP contribution in [0.3, 0.4) is 0 Å².